The molecule has 0 saturated carbocycles. The van der Waals surface area contributed by atoms with Crippen LogP contribution in [-0.2, 0) is 10.8 Å². The summed E-state index contributed by atoms with van der Waals surface area (Å²) in [6.07, 6.45) is 1.80. The number of phenolic OH excluding ortho intramolecular Hbond substituents is 1. The molecule has 3 heteroatoms. The quantitative estimate of drug-likeness (QED) is 0.584. The maximum absolute atomic E-state index is 10.7. The van der Waals surface area contributed by atoms with Crippen molar-refractivity contribution in [1.29, 1.82) is 0 Å². The molecule has 0 atom stereocenters. The molecular formula is C21H28N2O. The molecule has 0 heterocycles. The third-order valence-corrected chi connectivity index (χ3v) is 3.93. The van der Waals surface area contributed by atoms with Crippen molar-refractivity contribution in [3.8, 4) is 5.75 Å². The fraction of sp³-hybridized carbons (Fsp3) is 0.381. The summed E-state index contributed by atoms with van der Waals surface area (Å²) in [6, 6.07) is 13.9. The Morgan fingerprint density at radius 2 is 1.38 bits per heavy atom. The lowest BCUT2D eigenvalue weighted by Gasteiger charge is -2.27. The van der Waals surface area contributed by atoms with Gasteiger partial charge in [-0.05, 0) is 40.7 Å². The first-order chi connectivity index (χ1) is 11.1. The van der Waals surface area contributed by atoms with Gasteiger partial charge in [-0.15, -0.1) is 0 Å². The SMILES string of the molecule is CC(C)(C)c1cc(/C=N\Nc2ccccc2)cc(C(C)(C)C)c1O. The van der Waals surface area contributed by atoms with Crippen molar-refractivity contribution in [2.75, 3.05) is 5.43 Å². The van der Waals surface area contributed by atoms with E-state index in [1.165, 1.54) is 0 Å². The molecule has 0 radical (unpaired) electrons. The van der Waals surface area contributed by atoms with Crippen molar-refractivity contribution in [2.24, 2.45) is 5.10 Å². The van der Waals surface area contributed by atoms with E-state index >= 15 is 0 Å². The number of hydrogen-bond acceptors (Lipinski definition) is 3. The van der Waals surface area contributed by atoms with E-state index in [1.54, 1.807) is 6.21 Å². The smallest absolute Gasteiger partial charge is 0.123 e. The molecule has 0 aliphatic rings. The predicted octanol–water partition coefficient (Wildman–Crippen LogP) is 5.43. The summed E-state index contributed by atoms with van der Waals surface area (Å²) in [5.74, 6) is 0.392. The fourth-order valence-electron chi connectivity index (χ4n) is 2.57. The fourth-order valence-corrected chi connectivity index (χ4v) is 2.57. The first-order valence-corrected chi connectivity index (χ1v) is 8.31. The van der Waals surface area contributed by atoms with Crippen molar-refractivity contribution in [3.05, 3.63) is 59.2 Å². The Balaban J connectivity index is 2.39. The van der Waals surface area contributed by atoms with Crippen LogP contribution in [0.2, 0.25) is 0 Å². The Hall–Kier alpha value is -2.29. The molecule has 0 fully saturated rings. The minimum absolute atomic E-state index is 0.138. The first-order valence-electron chi connectivity index (χ1n) is 8.31. The summed E-state index contributed by atoms with van der Waals surface area (Å²) in [7, 11) is 0. The van der Waals surface area contributed by atoms with Crippen LogP contribution in [0.5, 0.6) is 5.75 Å². The third kappa shape index (κ3) is 4.38. The second-order valence-electron chi connectivity index (χ2n) is 8.20. The number of hydrogen-bond donors (Lipinski definition) is 2. The number of rotatable bonds is 3. The highest BCUT2D eigenvalue weighted by molar-refractivity contribution is 5.82. The number of nitrogens with one attached hydrogen (secondary N) is 1. The summed E-state index contributed by atoms with van der Waals surface area (Å²) >= 11 is 0. The number of aromatic hydroxyl groups is 1. The number of benzene rings is 2. The molecular weight excluding hydrogens is 296 g/mol. The van der Waals surface area contributed by atoms with Gasteiger partial charge in [0.05, 0.1) is 11.9 Å². The van der Waals surface area contributed by atoms with Gasteiger partial charge >= 0.3 is 0 Å². The van der Waals surface area contributed by atoms with Crippen LogP contribution in [0, 0.1) is 0 Å². The zero-order chi connectivity index (χ0) is 18.0. The summed E-state index contributed by atoms with van der Waals surface area (Å²) in [6.45, 7) is 12.7. The molecule has 2 rings (SSSR count). The van der Waals surface area contributed by atoms with E-state index in [1.807, 2.05) is 42.5 Å². The highest BCUT2D eigenvalue weighted by Gasteiger charge is 2.26. The molecule has 2 aromatic carbocycles. The maximum Gasteiger partial charge on any atom is 0.123 e. The van der Waals surface area contributed by atoms with E-state index < -0.39 is 0 Å². The number of anilines is 1. The Bertz CT molecular complexity index is 685. The molecule has 0 bridgehead atoms. The lowest BCUT2D eigenvalue weighted by molar-refractivity contribution is 0.423. The van der Waals surface area contributed by atoms with Gasteiger partial charge in [0.2, 0.25) is 0 Å². The zero-order valence-electron chi connectivity index (χ0n) is 15.5. The van der Waals surface area contributed by atoms with Gasteiger partial charge in [0.25, 0.3) is 0 Å². The van der Waals surface area contributed by atoms with Gasteiger partial charge in [-0.2, -0.15) is 5.10 Å². The Labute approximate surface area is 145 Å². The first kappa shape index (κ1) is 18.1. The van der Waals surface area contributed by atoms with Crippen LogP contribution in [-0.4, -0.2) is 11.3 Å². The van der Waals surface area contributed by atoms with Crippen LogP contribution in [0.1, 0.15) is 58.2 Å². The summed E-state index contributed by atoms with van der Waals surface area (Å²) in [5.41, 5.74) is 6.56. The average molecular weight is 324 g/mol. The van der Waals surface area contributed by atoms with E-state index in [2.05, 4.69) is 52.1 Å². The van der Waals surface area contributed by atoms with Crippen molar-refractivity contribution in [3.63, 3.8) is 0 Å². The van der Waals surface area contributed by atoms with Crippen LogP contribution in [0.25, 0.3) is 0 Å². The molecule has 0 aliphatic heterocycles. The van der Waals surface area contributed by atoms with Crippen molar-refractivity contribution in [2.45, 2.75) is 52.4 Å². The van der Waals surface area contributed by atoms with Gasteiger partial charge in [-0.25, -0.2) is 0 Å². The lowest BCUT2D eigenvalue weighted by Crippen LogP contribution is -2.17. The number of phenols is 1. The third-order valence-electron chi connectivity index (χ3n) is 3.93. The van der Waals surface area contributed by atoms with E-state index in [0.717, 1.165) is 22.4 Å². The molecule has 0 aromatic heterocycles. The minimum Gasteiger partial charge on any atom is -0.507 e. The normalized spacial score (nSPS) is 12.6. The van der Waals surface area contributed by atoms with Crippen LogP contribution in [0.3, 0.4) is 0 Å². The summed E-state index contributed by atoms with van der Waals surface area (Å²) in [5, 5.41) is 15.1. The molecule has 0 aliphatic carbocycles. The van der Waals surface area contributed by atoms with E-state index in [0.29, 0.717) is 5.75 Å². The van der Waals surface area contributed by atoms with Gasteiger partial charge in [-0.3, -0.25) is 5.43 Å². The van der Waals surface area contributed by atoms with Crippen LogP contribution in [0.15, 0.2) is 47.6 Å². The van der Waals surface area contributed by atoms with Gasteiger partial charge in [0, 0.05) is 11.1 Å². The standard InChI is InChI=1S/C21H28N2O/c1-20(2,3)17-12-15(13-18(19(17)24)21(4,5)6)14-22-23-16-10-8-7-9-11-16/h7-14,23-24H,1-6H3/b22-14-. The van der Waals surface area contributed by atoms with Crippen molar-refractivity contribution in [1.82, 2.24) is 0 Å². The lowest BCUT2D eigenvalue weighted by atomic mass is 9.78. The van der Waals surface area contributed by atoms with Crippen LogP contribution < -0.4 is 5.43 Å². The highest BCUT2D eigenvalue weighted by atomic mass is 16.3. The van der Waals surface area contributed by atoms with E-state index in [-0.39, 0.29) is 10.8 Å². The Morgan fingerprint density at radius 1 is 0.875 bits per heavy atom. The molecule has 2 N–H and O–H groups in total. The van der Waals surface area contributed by atoms with E-state index in [9.17, 15) is 5.11 Å². The minimum atomic E-state index is -0.138. The van der Waals surface area contributed by atoms with Gasteiger partial charge in [0.15, 0.2) is 0 Å². The van der Waals surface area contributed by atoms with Crippen molar-refractivity contribution >= 4 is 11.9 Å². The maximum atomic E-state index is 10.7. The monoisotopic (exact) mass is 324 g/mol. The molecule has 128 valence electrons. The summed E-state index contributed by atoms with van der Waals surface area (Å²) < 4.78 is 0. The van der Waals surface area contributed by atoms with E-state index in [4.69, 9.17) is 0 Å². The van der Waals surface area contributed by atoms with Crippen LogP contribution in [0.4, 0.5) is 5.69 Å². The van der Waals surface area contributed by atoms with Gasteiger partial charge in [0.1, 0.15) is 5.75 Å². The van der Waals surface area contributed by atoms with Gasteiger partial charge in [-0.1, -0.05) is 59.7 Å². The molecule has 0 unspecified atom stereocenters. The molecule has 0 saturated heterocycles. The van der Waals surface area contributed by atoms with Crippen LogP contribution >= 0.6 is 0 Å². The molecule has 2 aromatic rings. The zero-order valence-corrected chi connectivity index (χ0v) is 15.5. The molecule has 24 heavy (non-hydrogen) atoms. The average Bonchev–Trinajstić information content (AvgIpc) is 2.47. The number of hydrazone groups is 1. The number of nitrogens with zero attached hydrogens (tertiary/aromatic N) is 1. The van der Waals surface area contributed by atoms with Gasteiger partial charge < -0.3 is 5.11 Å². The molecule has 0 amide bonds. The van der Waals surface area contributed by atoms with Crippen molar-refractivity contribution < 1.29 is 5.11 Å². The second kappa shape index (κ2) is 6.68. The Morgan fingerprint density at radius 3 is 1.83 bits per heavy atom. The largest absolute Gasteiger partial charge is 0.507 e. The second-order valence-corrected chi connectivity index (χ2v) is 8.20. The Kier molecular flexibility index (Phi) is 5.02. The molecule has 3 nitrogen and oxygen atoms in total. The number of para-hydroxylation sites is 1. The topological polar surface area (TPSA) is 44.6 Å². The summed E-state index contributed by atoms with van der Waals surface area (Å²) in [4.78, 5) is 0. The highest BCUT2D eigenvalue weighted by Crippen LogP contribution is 2.39. The molecule has 0 spiro atoms. The predicted molar refractivity (Wildman–Crippen MR) is 103 cm³/mol.